The van der Waals surface area contributed by atoms with Crippen LogP contribution < -0.4 is 5.32 Å². The number of allylic oxidation sites excluding steroid dienone is 19. The standard InChI is InChI=1S/C71H117NO18/c1-3-5-7-9-11-13-15-17-19-21-22-23-24-25-26-27-28-29-30-31-32-33-35-37-39-41-43-45-47-49-59(77)72-54(55(76)48-46-44-42-40-38-36-34-20-18-16-14-12-10-8-6-4-2)53-85-69-65(83)62(80)67(57(51-74)87-69)90-71-66(84)63(81)68(58(52-75)88-71)89-70-64(82)61(79)60(78)56(50-73)86-70/h5,7,11,13,17-20,22-23,25-26,28-29,31-32,38,40,46,48,54-58,60-71,73-76,78-84H,3-4,6,8-10,12,14-16,21,24,27,30,33-37,39,41-45,47,49-53H2,1-2H3,(H,72,77)/b7-5-,13-11-,19-17-,20-18+,23-22-,26-25-,29-28-,32-31-,40-38+,48-46+. The molecule has 0 aromatic heterocycles. The Labute approximate surface area is 538 Å². The van der Waals surface area contributed by atoms with E-state index in [1.54, 1.807) is 6.08 Å². The number of hydrogen-bond donors (Lipinski definition) is 12. The number of carbonyl (C=O) groups is 1. The Morgan fingerprint density at radius 2 is 0.778 bits per heavy atom. The molecule has 0 spiro atoms. The smallest absolute Gasteiger partial charge is 0.220 e. The molecule has 0 bridgehead atoms. The molecule has 17 unspecified atom stereocenters. The molecule has 17 atom stereocenters. The van der Waals surface area contributed by atoms with Crippen LogP contribution in [0.2, 0.25) is 0 Å². The van der Waals surface area contributed by atoms with Gasteiger partial charge in [-0.3, -0.25) is 4.79 Å². The molecule has 12 N–H and O–H groups in total. The summed E-state index contributed by atoms with van der Waals surface area (Å²) in [4.78, 5) is 13.4. The van der Waals surface area contributed by atoms with Crippen LogP contribution in [0.1, 0.15) is 187 Å². The first-order valence-electron chi connectivity index (χ1n) is 33.8. The van der Waals surface area contributed by atoms with E-state index in [1.165, 1.54) is 38.5 Å². The SMILES string of the molecule is CC/C=C\C/C=C\C/C=C\C/C=C\C/C=C\C/C=C\C/C=C\CCCCCCCCCC(=O)NC(COC1OC(CO)C(OC2OC(CO)C(OC3OC(CO)C(O)C(O)C3O)C(O)C2O)C(O)C1O)C(O)/C=C/CC/C=C/CC/C=C/CCCCCCCC. The molecule has 0 aromatic carbocycles. The highest BCUT2D eigenvalue weighted by molar-refractivity contribution is 5.76. The van der Waals surface area contributed by atoms with Crippen LogP contribution >= 0.6 is 0 Å². The fourth-order valence-electron chi connectivity index (χ4n) is 10.5. The number of amides is 1. The molecule has 3 fully saturated rings. The van der Waals surface area contributed by atoms with E-state index in [0.29, 0.717) is 12.8 Å². The van der Waals surface area contributed by atoms with Crippen molar-refractivity contribution in [1.29, 1.82) is 0 Å². The van der Waals surface area contributed by atoms with E-state index in [9.17, 15) is 61.0 Å². The molecular formula is C71H117NO18. The second-order valence-electron chi connectivity index (χ2n) is 23.5. The highest BCUT2D eigenvalue weighted by Gasteiger charge is 2.53. The lowest BCUT2D eigenvalue weighted by Gasteiger charge is -2.48. The third-order valence-electron chi connectivity index (χ3n) is 16.0. The van der Waals surface area contributed by atoms with Crippen LogP contribution in [0.15, 0.2) is 122 Å². The molecular weight excluding hydrogens is 1150 g/mol. The highest BCUT2D eigenvalue weighted by Crippen LogP contribution is 2.33. The van der Waals surface area contributed by atoms with Crippen molar-refractivity contribution in [2.24, 2.45) is 0 Å². The van der Waals surface area contributed by atoms with E-state index in [2.05, 4.69) is 129 Å². The number of hydrogen-bond acceptors (Lipinski definition) is 18. The van der Waals surface area contributed by atoms with Gasteiger partial charge in [0.1, 0.15) is 73.2 Å². The van der Waals surface area contributed by atoms with Crippen LogP contribution in [0.25, 0.3) is 0 Å². The second kappa shape index (κ2) is 51.6. The third-order valence-corrected chi connectivity index (χ3v) is 16.0. The predicted molar refractivity (Wildman–Crippen MR) is 350 cm³/mol. The Hall–Kier alpha value is -3.81. The molecule has 3 heterocycles. The van der Waals surface area contributed by atoms with E-state index in [1.807, 2.05) is 6.08 Å². The van der Waals surface area contributed by atoms with Crippen molar-refractivity contribution in [3.05, 3.63) is 122 Å². The van der Waals surface area contributed by atoms with Gasteiger partial charge in [0.05, 0.1) is 38.6 Å². The lowest BCUT2D eigenvalue weighted by atomic mass is 9.96. The summed E-state index contributed by atoms with van der Waals surface area (Å²) in [6, 6.07) is -1.01. The first kappa shape index (κ1) is 80.4. The molecule has 3 aliphatic heterocycles. The van der Waals surface area contributed by atoms with Crippen LogP contribution in [0.4, 0.5) is 0 Å². The number of aliphatic hydroxyl groups is 11. The monoisotopic (exact) mass is 1270 g/mol. The first-order valence-corrected chi connectivity index (χ1v) is 33.8. The van der Waals surface area contributed by atoms with Gasteiger partial charge < -0.3 is 89.9 Å². The average molecular weight is 1270 g/mol. The Morgan fingerprint density at radius 3 is 1.24 bits per heavy atom. The summed E-state index contributed by atoms with van der Waals surface area (Å²) in [6.07, 6.45) is 43.1. The van der Waals surface area contributed by atoms with Crippen LogP contribution in [0, 0.1) is 0 Å². The molecule has 0 saturated carbocycles. The van der Waals surface area contributed by atoms with Gasteiger partial charge in [-0.1, -0.05) is 200 Å². The summed E-state index contributed by atoms with van der Waals surface area (Å²) < 4.78 is 34.3. The van der Waals surface area contributed by atoms with Gasteiger partial charge in [-0.25, -0.2) is 0 Å². The van der Waals surface area contributed by atoms with Crippen LogP contribution in [0.3, 0.4) is 0 Å². The van der Waals surface area contributed by atoms with Crippen LogP contribution in [0.5, 0.6) is 0 Å². The number of nitrogens with one attached hydrogen (secondary N) is 1. The van der Waals surface area contributed by atoms with Gasteiger partial charge in [-0.15, -0.1) is 0 Å². The predicted octanol–water partition coefficient (Wildman–Crippen LogP) is 8.43. The number of unbranched alkanes of at least 4 members (excludes halogenated alkanes) is 15. The second-order valence-corrected chi connectivity index (χ2v) is 23.5. The van der Waals surface area contributed by atoms with E-state index in [0.717, 1.165) is 116 Å². The maximum atomic E-state index is 13.4. The molecule has 19 nitrogen and oxygen atoms in total. The van der Waals surface area contributed by atoms with Crippen molar-refractivity contribution in [2.75, 3.05) is 26.4 Å². The van der Waals surface area contributed by atoms with Crippen molar-refractivity contribution in [3.8, 4) is 0 Å². The maximum absolute atomic E-state index is 13.4. The van der Waals surface area contributed by atoms with E-state index < -0.39 is 124 Å². The Bertz CT molecular complexity index is 2100. The summed E-state index contributed by atoms with van der Waals surface area (Å²) in [5.41, 5.74) is 0. The average Bonchev–Trinajstić information content (AvgIpc) is 1.05. The number of rotatable bonds is 49. The lowest BCUT2D eigenvalue weighted by molar-refractivity contribution is -0.379. The molecule has 90 heavy (non-hydrogen) atoms. The zero-order chi connectivity index (χ0) is 65.4. The Morgan fingerprint density at radius 1 is 0.411 bits per heavy atom. The van der Waals surface area contributed by atoms with Crippen molar-refractivity contribution in [1.82, 2.24) is 5.32 Å². The molecule has 514 valence electrons. The van der Waals surface area contributed by atoms with E-state index in [4.69, 9.17) is 28.4 Å². The van der Waals surface area contributed by atoms with Crippen molar-refractivity contribution in [3.63, 3.8) is 0 Å². The van der Waals surface area contributed by atoms with Crippen LogP contribution in [-0.4, -0.2) is 193 Å². The summed E-state index contributed by atoms with van der Waals surface area (Å²) in [5, 5.41) is 120. The molecule has 0 aliphatic carbocycles. The minimum absolute atomic E-state index is 0.210. The number of aliphatic hydroxyl groups excluding tert-OH is 11. The number of carbonyl (C=O) groups excluding carboxylic acids is 1. The fourth-order valence-corrected chi connectivity index (χ4v) is 10.5. The van der Waals surface area contributed by atoms with Gasteiger partial charge in [0.25, 0.3) is 0 Å². The van der Waals surface area contributed by atoms with Gasteiger partial charge in [0, 0.05) is 6.42 Å². The van der Waals surface area contributed by atoms with Crippen molar-refractivity contribution < 1.29 is 89.4 Å². The Balaban J connectivity index is 1.45. The Kier molecular flexibility index (Phi) is 46.1. The lowest BCUT2D eigenvalue weighted by Crippen LogP contribution is -2.66. The minimum atomic E-state index is -1.99. The zero-order valence-corrected chi connectivity index (χ0v) is 54.1. The largest absolute Gasteiger partial charge is 0.394 e. The van der Waals surface area contributed by atoms with E-state index >= 15 is 0 Å². The summed E-state index contributed by atoms with van der Waals surface area (Å²) >= 11 is 0. The molecule has 3 aliphatic rings. The van der Waals surface area contributed by atoms with Gasteiger partial charge in [-0.05, 0) is 103 Å². The maximum Gasteiger partial charge on any atom is 0.220 e. The first-order chi connectivity index (χ1) is 43.8. The summed E-state index contributed by atoms with van der Waals surface area (Å²) in [7, 11) is 0. The number of ether oxygens (including phenoxy) is 6. The zero-order valence-electron chi connectivity index (χ0n) is 54.1. The molecule has 0 radical (unpaired) electrons. The normalized spacial score (nSPS) is 28.8. The summed E-state index contributed by atoms with van der Waals surface area (Å²) in [6.45, 7) is 1.54. The van der Waals surface area contributed by atoms with Gasteiger partial charge in [0.15, 0.2) is 18.9 Å². The molecule has 3 saturated heterocycles. The van der Waals surface area contributed by atoms with E-state index in [-0.39, 0.29) is 18.9 Å². The molecule has 0 aromatic rings. The molecule has 1 amide bonds. The summed E-state index contributed by atoms with van der Waals surface area (Å²) in [5.74, 6) is -0.308. The molecule has 3 rings (SSSR count). The van der Waals surface area contributed by atoms with Gasteiger partial charge in [-0.2, -0.15) is 0 Å². The van der Waals surface area contributed by atoms with Gasteiger partial charge in [0.2, 0.25) is 5.91 Å². The highest BCUT2D eigenvalue weighted by atomic mass is 16.8. The minimum Gasteiger partial charge on any atom is -0.394 e. The quantitative estimate of drug-likeness (QED) is 0.0201. The van der Waals surface area contributed by atoms with Crippen molar-refractivity contribution in [2.45, 2.75) is 291 Å². The molecule has 19 heteroatoms. The topological polar surface area (TPSA) is 307 Å². The van der Waals surface area contributed by atoms with Crippen molar-refractivity contribution >= 4 is 5.91 Å². The van der Waals surface area contributed by atoms with Crippen LogP contribution in [-0.2, 0) is 33.2 Å². The van der Waals surface area contributed by atoms with Gasteiger partial charge >= 0.3 is 0 Å². The fraction of sp³-hybridized carbons (Fsp3) is 0.704. The third kappa shape index (κ3) is 33.3.